The van der Waals surface area contributed by atoms with Crippen molar-refractivity contribution in [1.29, 1.82) is 0 Å². The van der Waals surface area contributed by atoms with Crippen molar-refractivity contribution in [3.63, 3.8) is 0 Å². The third kappa shape index (κ3) is 5.79. The summed E-state index contributed by atoms with van der Waals surface area (Å²) in [5.74, 6) is -2.21. The topological polar surface area (TPSA) is 184 Å². The van der Waals surface area contributed by atoms with E-state index >= 15 is 0 Å². The summed E-state index contributed by atoms with van der Waals surface area (Å²) in [4.78, 5) is 35.9. The molecule has 2 amide bonds. The average Bonchev–Trinajstić information content (AvgIpc) is 3.22. The Kier molecular flexibility index (Phi) is 8.59. The smallest absolute Gasteiger partial charge is 0.407 e. The van der Waals surface area contributed by atoms with Crippen LogP contribution in [-0.4, -0.2) is 94.9 Å². The summed E-state index contributed by atoms with van der Waals surface area (Å²) >= 11 is 0. The first kappa shape index (κ1) is 27.5. The number of ether oxygens (including phenoxy) is 3. The fourth-order valence-electron chi connectivity index (χ4n) is 4.76. The van der Waals surface area contributed by atoms with Crippen LogP contribution in [0.1, 0.15) is 24.0 Å². The Labute approximate surface area is 218 Å². The lowest BCUT2D eigenvalue weighted by atomic mass is 9.97. The average molecular weight is 531 g/mol. The molecule has 12 heteroatoms. The van der Waals surface area contributed by atoms with E-state index in [0.29, 0.717) is 0 Å². The van der Waals surface area contributed by atoms with Crippen LogP contribution >= 0.6 is 0 Å². The molecule has 38 heavy (non-hydrogen) atoms. The lowest BCUT2D eigenvalue weighted by Gasteiger charge is -2.42. The van der Waals surface area contributed by atoms with Crippen molar-refractivity contribution < 1.29 is 49.0 Å². The minimum absolute atomic E-state index is 0.0222. The first-order valence-corrected chi connectivity index (χ1v) is 12.1. The predicted molar refractivity (Wildman–Crippen MR) is 131 cm³/mol. The second-order valence-electron chi connectivity index (χ2n) is 9.13. The van der Waals surface area contributed by atoms with Gasteiger partial charge in [-0.1, -0.05) is 48.5 Å². The predicted octanol–water partition coefficient (Wildman–Crippen LogP) is -0.0614. The van der Waals surface area contributed by atoms with Gasteiger partial charge in [0.25, 0.3) is 0 Å². The number of hydrogen-bond donors (Lipinski definition) is 6. The van der Waals surface area contributed by atoms with Crippen molar-refractivity contribution in [1.82, 2.24) is 10.6 Å². The quantitative estimate of drug-likeness (QED) is 0.257. The fourth-order valence-corrected chi connectivity index (χ4v) is 4.76. The summed E-state index contributed by atoms with van der Waals surface area (Å²) in [7, 11) is 0. The minimum Gasteiger partial charge on any atom is -0.480 e. The number of aliphatic hydroxyl groups is 3. The largest absolute Gasteiger partial charge is 0.480 e. The van der Waals surface area contributed by atoms with Crippen LogP contribution in [0.4, 0.5) is 4.79 Å². The molecule has 1 aliphatic carbocycles. The van der Waals surface area contributed by atoms with Gasteiger partial charge in [-0.15, -0.1) is 0 Å². The van der Waals surface area contributed by atoms with Gasteiger partial charge >= 0.3 is 12.1 Å². The molecule has 2 aromatic carbocycles. The van der Waals surface area contributed by atoms with Crippen LogP contribution in [0, 0.1) is 0 Å². The zero-order valence-electron chi connectivity index (χ0n) is 20.5. The molecule has 1 aliphatic heterocycles. The zero-order valence-corrected chi connectivity index (χ0v) is 20.5. The molecule has 4 rings (SSSR count). The van der Waals surface area contributed by atoms with Crippen LogP contribution in [0.3, 0.4) is 0 Å². The molecule has 204 valence electrons. The maximum Gasteiger partial charge on any atom is 0.407 e. The summed E-state index contributed by atoms with van der Waals surface area (Å²) in [6.07, 6.45) is -6.72. The molecular formula is C26H30N2O10. The maximum absolute atomic E-state index is 12.5. The van der Waals surface area contributed by atoms with Crippen molar-refractivity contribution in [3.8, 4) is 11.1 Å². The summed E-state index contributed by atoms with van der Waals surface area (Å²) in [6.45, 7) is -0.134. The molecule has 0 bridgehead atoms. The summed E-state index contributed by atoms with van der Waals surface area (Å²) in [5.41, 5.74) is 4.08. The number of rotatable bonds is 9. The first-order valence-electron chi connectivity index (χ1n) is 12.1. The Balaban J connectivity index is 1.38. The molecule has 0 unspecified atom stereocenters. The number of carbonyl (C=O) groups excluding carboxylic acids is 2. The number of aliphatic carboxylic acids is 1. The van der Waals surface area contributed by atoms with Crippen LogP contribution < -0.4 is 10.6 Å². The maximum atomic E-state index is 12.5. The van der Waals surface area contributed by atoms with Gasteiger partial charge in [0.1, 0.15) is 31.0 Å². The molecule has 0 saturated carbocycles. The highest BCUT2D eigenvalue weighted by atomic mass is 16.7. The van der Waals surface area contributed by atoms with Crippen molar-refractivity contribution in [3.05, 3.63) is 59.7 Å². The van der Waals surface area contributed by atoms with Gasteiger partial charge in [-0.05, 0) is 22.3 Å². The normalized spacial score (nSPS) is 25.1. The van der Waals surface area contributed by atoms with Gasteiger partial charge in [0, 0.05) is 12.8 Å². The molecular weight excluding hydrogens is 500 g/mol. The van der Waals surface area contributed by atoms with E-state index in [0.717, 1.165) is 22.3 Å². The third-order valence-electron chi connectivity index (χ3n) is 6.61. The number of carbonyl (C=O) groups is 3. The minimum atomic E-state index is -1.57. The number of hydrogen-bond acceptors (Lipinski definition) is 9. The Morgan fingerprint density at radius 2 is 1.61 bits per heavy atom. The number of nitrogens with one attached hydrogen (secondary N) is 2. The number of benzene rings is 2. The van der Waals surface area contributed by atoms with E-state index in [2.05, 4.69) is 10.6 Å². The number of carboxylic acid groups (broad SMARTS) is 1. The van der Waals surface area contributed by atoms with Gasteiger partial charge < -0.3 is 45.3 Å². The molecule has 2 aromatic rings. The second-order valence-corrected chi connectivity index (χ2v) is 9.13. The van der Waals surface area contributed by atoms with E-state index in [4.69, 9.17) is 14.2 Å². The lowest BCUT2D eigenvalue weighted by molar-refractivity contribution is -0.271. The Morgan fingerprint density at radius 1 is 1.00 bits per heavy atom. The van der Waals surface area contributed by atoms with Crippen molar-refractivity contribution >= 4 is 18.0 Å². The SMILES string of the molecule is CC(=O)N[C@H]1[C@@H](OC[C@H](NC(=O)OCC2c3ccccc3-c3ccccc32)C(=O)O)O[C@H](CO)[C@H](O)[C@@H]1O. The molecule has 6 atom stereocenters. The van der Waals surface area contributed by atoms with Crippen LogP contribution in [0.25, 0.3) is 11.1 Å². The van der Waals surface area contributed by atoms with E-state index in [1.165, 1.54) is 6.92 Å². The molecule has 6 N–H and O–H groups in total. The van der Waals surface area contributed by atoms with E-state index in [-0.39, 0.29) is 12.5 Å². The first-order chi connectivity index (χ1) is 18.2. The number of carboxylic acids is 1. The molecule has 1 heterocycles. The van der Waals surface area contributed by atoms with Gasteiger partial charge in [-0.3, -0.25) is 4.79 Å². The Hall–Kier alpha value is -3.55. The van der Waals surface area contributed by atoms with Gasteiger partial charge in [0.15, 0.2) is 12.3 Å². The molecule has 0 spiro atoms. The van der Waals surface area contributed by atoms with Crippen LogP contribution in [0.5, 0.6) is 0 Å². The van der Waals surface area contributed by atoms with Crippen molar-refractivity contribution in [2.45, 2.75) is 49.5 Å². The number of amides is 2. The zero-order chi connectivity index (χ0) is 27.4. The van der Waals surface area contributed by atoms with Gasteiger partial charge in [0.2, 0.25) is 5.91 Å². The molecule has 0 aromatic heterocycles. The molecule has 1 saturated heterocycles. The van der Waals surface area contributed by atoms with Crippen LogP contribution in [-0.2, 0) is 23.8 Å². The van der Waals surface area contributed by atoms with Crippen molar-refractivity contribution in [2.24, 2.45) is 0 Å². The standard InChI is InChI=1S/C26H30N2O10/c1-13(30)27-21-23(32)22(31)20(10-29)38-25(21)36-12-19(24(33)34)28-26(35)37-11-18-16-8-4-2-6-14(16)15-7-3-5-9-17(15)18/h2-9,18-23,25,29,31-32H,10-12H2,1H3,(H,27,30)(H,28,35)(H,33,34)/t19-,20+,21+,22-,23+,25-/m0/s1. The highest BCUT2D eigenvalue weighted by Crippen LogP contribution is 2.44. The summed E-state index contributed by atoms with van der Waals surface area (Å²) in [5, 5.41) is 44.1. The molecule has 2 aliphatic rings. The molecule has 1 fully saturated rings. The number of aliphatic hydroxyl groups excluding tert-OH is 3. The van der Waals surface area contributed by atoms with E-state index < -0.39 is 67.9 Å². The van der Waals surface area contributed by atoms with Gasteiger partial charge in [-0.2, -0.15) is 0 Å². The lowest BCUT2D eigenvalue weighted by Crippen LogP contribution is -2.65. The third-order valence-corrected chi connectivity index (χ3v) is 6.61. The number of fused-ring (bicyclic) bond motifs is 3. The van der Waals surface area contributed by atoms with E-state index in [1.54, 1.807) is 0 Å². The second kappa shape index (κ2) is 11.9. The highest BCUT2D eigenvalue weighted by Gasteiger charge is 2.45. The fraction of sp³-hybridized carbons (Fsp3) is 0.423. The monoisotopic (exact) mass is 530 g/mol. The summed E-state index contributed by atoms with van der Waals surface area (Å²) < 4.78 is 16.3. The Morgan fingerprint density at radius 3 is 2.16 bits per heavy atom. The van der Waals surface area contributed by atoms with Crippen LogP contribution in [0.2, 0.25) is 0 Å². The van der Waals surface area contributed by atoms with E-state index in [9.17, 15) is 34.8 Å². The Bertz CT molecular complexity index is 1130. The van der Waals surface area contributed by atoms with E-state index in [1.807, 2.05) is 48.5 Å². The van der Waals surface area contributed by atoms with Gasteiger partial charge in [-0.25, -0.2) is 9.59 Å². The number of alkyl carbamates (subject to hydrolysis) is 1. The van der Waals surface area contributed by atoms with Gasteiger partial charge in [0.05, 0.1) is 13.2 Å². The highest BCUT2D eigenvalue weighted by molar-refractivity contribution is 5.81. The van der Waals surface area contributed by atoms with Crippen molar-refractivity contribution in [2.75, 3.05) is 19.8 Å². The molecule has 0 radical (unpaired) electrons. The summed E-state index contributed by atoms with van der Waals surface area (Å²) in [6, 6.07) is 12.7. The van der Waals surface area contributed by atoms with Crippen LogP contribution in [0.15, 0.2) is 48.5 Å². The molecule has 12 nitrogen and oxygen atoms in total.